The van der Waals surface area contributed by atoms with Crippen LogP contribution in [-0.4, -0.2) is 42.0 Å². The molecule has 1 aliphatic heterocycles. The molecule has 0 aromatic heterocycles. The summed E-state index contributed by atoms with van der Waals surface area (Å²) in [5, 5.41) is 4.58. The number of hydrogen-bond donors (Lipinski definition) is 2. The van der Waals surface area contributed by atoms with Gasteiger partial charge in [-0.25, -0.2) is 9.59 Å². The lowest BCUT2D eigenvalue weighted by Gasteiger charge is -2.22. The van der Waals surface area contributed by atoms with E-state index in [1.54, 1.807) is 26.0 Å². The van der Waals surface area contributed by atoms with E-state index in [1.165, 1.54) is 0 Å². The van der Waals surface area contributed by atoms with Gasteiger partial charge in [-0.05, 0) is 30.9 Å². The van der Waals surface area contributed by atoms with E-state index in [1.807, 2.05) is 17.4 Å². The monoisotopic (exact) mass is 361 g/mol. The molecule has 2 rings (SSSR count). The Hall–Kier alpha value is -2.90. The Morgan fingerprint density at radius 1 is 1.23 bits per heavy atom. The maximum absolute atomic E-state index is 12.8. The van der Waals surface area contributed by atoms with E-state index >= 15 is 0 Å². The number of nitrogens with zero attached hydrogens (tertiary/aromatic N) is 1. The van der Waals surface area contributed by atoms with Crippen molar-refractivity contribution < 1.29 is 23.9 Å². The Kier molecular flexibility index (Phi) is 5.64. The van der Waals surface area contributed by atoms with E-state index < -0.39 is 36.0 Å². The number of benzene rings is 1. The molecule has 0 radical (unpaired) electrons. The van der Waals surface area contributed by atoms with Gasteiger partial charge in [0, 0.05) is 0 Å². The molecule has 8 heteroatoms. The van der Waals surface area contributed by atoms with Crippen LogP contribution in [0.4, 0.5) is 9.59 Å². The molecule has 0 saturated carbocycles. The Morgan fingerprint density at radius 3 is 2.38 bits per heavy atom. The van der Waals surface area contributed by atoms with E-state index in [2.05, 4.69) is 23.9 Å². The zero-order chi connectivity index (χ0) is 19.5. The Morgan fingerprint density at radius 2 is 1.85 bits per heavy atom. The second-order valence-corrected chi connectivity index (χ2v) is 6.49. The van der Waals surface area contributed by atoms with E-state index in [9.17, 15) is 19.2 Å². The fourth-order valence-electron chi connectivity index (χ4n) is 2.70. The molecule has 140 valence electrons. The van der Waals surface area contributed by atoms with Gasteiger partial charge in [0.1, 0.15) is 12.1 Å². The second kappa shape index (κ2) is 7.55. The molecule has 5 amide bonds. The van der Waals surface area contributed by atoms with Crippen molar-refractivity contribution in [2.24, 2.45) is 0 Å². The minimum Gasteiger partial charge on any atom is -0.450 e. The molecule has 1 aliphatic rings. The normalized spacial score (nSPS) is 19.5. The van der Waals surface area contributed by atoms with E-state index in [4.69, 9.17) is 0 Å². The average Bonchev–Trinajstić information content (AvgIpc) is 2.79. The molecule has 1 fully saturated rings. The third-order valence-electron chi connectivity index (χ3n) is 4.25. The number of carbonyl (C=O) groups excluding carboxylic acids is 4. The van der Waals surface area contributed by atoms with Gasteiger partial charge < -0.3 is 10.1 Å². The summed E-state index contributed by atoms with van der Waals surface area (Å²) in [6, 6.07) is 6.69. The first-order valence-electron chi connectivity index (χ1n) is 8.40. The molecule has 0 bridgehead atoms. The lowest BCUT2D eigenvalue weighted by molar-refractivity contribution is -0.134. The van der Waals surface area contributed by atoms with Crippen LogP contribution in [0.3, 0.4) is 0 Å². The fourth-order valence-corrected chi connectivity index (χ4v) is 2.70. The van der Waals surface area contributed by atoms with Crippen molar-refractivity contribution in [2.75, 3.05) is 13.2 Å². The third-order valence-corrected chi connectivity index (χ3v) is 4.25. The molecule has 1 aromatic rings. The minimum absolute atomic E-state index is 0.104. The molecular formula is C18H23N3O5. The molecule has 0 aliphatic carbocycles. The lowest BCUT2D eigenvalue weighted by atomic mass is 9.90. The van der Waals surface area contributed by atoms with Crippen molar-refractivity contribution in [2.45, 2.75) is 39.2 Å². The quantitative estimate of drug-likeness (QED) is 0.779. The summed E-state index contributed by atoms with van der Waals surface area (Å²) in [7, 11) is 0. The number of amides is 5. The van der Waals surface area contributed by atoms with Gasteiger partial charge in [0.15, 0.2) is 0 Å². The number of ether oxygens (including phenoxy) is 1. The molecule has 2 N–H and O–H groups in total. The third kappa shape index (κ3) is 3.84. The number of alkyl carbamates (subject to hydrolysis) is 1. The molecule has 1 atom stereocenters. The minimum atomic E-state index is -1.27. The van der Waals surface area contributed by atoms with Crippen molar-refractivity contribution in [3.05, 3.63) is 35.4 Å². The van der Waals surface area contributed by atoms with Crippen LogP contribution in [-0.2, 0) is 19.9 Å². The number of imide groups is 2. The first kappa shape index (κ1) is 19.4. The van der Waals surface area contributed by atoms with Gasteiger partial charge in [0.05, 0.1) is 6.61 Å². The highest BCUT2D eigenvalue weighted by Gasteiger charge is 2.49. The molecule has 1 unspecified atom stereocenters. The van der Waals surface area contributed by atoms with Crippen LogP contribution in [0.1, 0.15) is 44.7 Å². The number of hydrogen-bond acceptors (Lipinski definition) is 5. The number of carbonyl (C=O) groups is 4. The summed E-state index contributed by atoms with van der Waals surface area (Å²) in [6.07, 6.45) is -0.920. The number of rotatable bonds is 5. The van der Waals surface area contributed by atoms with Gasteiger partial charge in [0.25, 0.3) is 5.91 Å². The van der Waals surface area contributed by atoms with Crippen LogP contribution in [0.15, 0.2) is 24.3 Å². The van der Waals surface area contributed by atoms with Crippen molar-refractivity contribution in [3.63, 3.8) is 0 Å². The van der Waals surface area contributed by atoms with Gasteiger partial charge in [0.2, 0.25) is 5.91 Å². The van der Waals surface area contributed by atoms with Crippen LogP contribution < -0.4 is 10.6 Å². The van der Waals surface area contributed by atoms with Crippen LogP contribution in [0.25, 0.3) is 0 Å². The molecular weight excluding hydrogens is 338 g/mol. The highest BCUT2D eigenvalue weighted by Crippen LogP contribution is 2.29. The average molecular weight is 361 g/mol. The maximum atomic E-state index is 12.8. The zero-order valence-electron chi connectivity index (χ0n) is 15.3. The largest absolute Gasteiger partial charge is 0.450 e. The Labute approximate surface area is 151 Å². The van der Waals surface area contributed by atoms with Crippen LogP contribution in [0.2, 0.25) is 0 Å². The summed E-state index contributed by atoms with van der Waals surface area (Å²) in [6.45, 7) is 6.83. The van der Waals surface area contributed by atoms with E-state index in [0.717, 1.165) is 10.5 Å². The predicted octanol–water partition coefficient (Wildman–Crippen LogP) is 1.85. The first-order valence-corrected chi connectivity index (χ1v) is 8.40. The number of nitrogens with one attached hydrogen (secondary N) is 2. The summed E-state index contributed by atoms with van der Waals surface area (Å²) >= 11 is 0. The molecule has 26 heavy (non-hydrogen) atoms. The summed E-state index contributed by atoms with van der Waals surface area (Å²) in [5.41, 5.74) is 0.463. The van der Waals surface area contributed by atoms with Gasteiger partial charge in [-0.1, -0.05) is 38.1 Å². The molecule has 1 aromatic carbocycles. The van der Waals surface area contributed by atoms with Gasteiger partial charge >= 0.3 is 12.1 Å². The highest BCUT2D eigenvalue weighted by molar-refractivity contribution is 6.09. The van der Waals surface area contributed by atoms with E-state index in [0.29, 0.717) is 11.5 Å². The van der Waals surface area contributed by atoms with Gasteiger partial charge in [-0.15, -0.1) is 0 Å². The van der Waals surface area contributed by atoms with Crippen molar-refractivity contribution in [1.82, 2.24) is 15.5 Å². The molecule has 8 nitrogen and oxygen atoms in total. The summed E-state index contributed by atoms with van der Waals surface area (Å²) in [4.78, 5) is 48.9. The maximum Gasteiger partial charge on any atom is 0.413 e. The Bertz CT molecular complexity index is 729. The van der Waals surface area contributed by atoms with Crippen LogP contribution in [0.5, 0.6) is 0 Å². The highest BCUT2D eigenvalue weighted by atomic mass is 16.5. The van der Waals surface area contributed by atoms with Crippen molar-refractivity contribution >= 4 is 23.9 Å². The van der Waals surface area contributed by atoms with E-state index in [-0.39, 0.29) is 6.61 Å². The predicted molar refractivity (Wildman–Crippen MR) is 93.3 cm³/mol. The number of urea groups is 1. The van der Waals surface area contributed by atoms with Crippen molar-refractivity contribution in [3.8, 4) is 0 Å². The lowest BCUT2D eigenvalue weighted by Crippen LogP contribution is -2.44. The van der Waals surface area contributed by atoms with Crippen molar-refractivity contribution in [1.29, 1.82) is 0 Å². The standard InChI is InChI=1S/C18H23N3O5/c1-5-26-17(25)19-14(22)10-21-15(23)18(4,20-16(21)24)13-8-6-12(7-9-13)11(2)3/h6-9,11H,5,10H2,1-4H3,(H,20,24)(H,19,22,25). The van der Waals surface area contributed by atoms with Crippen LogP contribution >= 0.6 is 0 Å². The SMILES string of the molecule is CCOC(=O)NC(=O)CN1C(=O)NC(C)(c2ccc(C(C)C)cc2)C1=O. The molecule has 1 saturated heterocycles. The smallest absolute Gasteiger partial charge is 0.413 e. The van der Waals surface area contributed by atoms with Gasteiger partial charge in [-0.3, -0.25) is 19.8 Å². The fraction of sp³-hybridized carbons (Fsp3) is 0.444. The summed E-state index contributed by atoms with van der Waals surface area (Å²) in [5.74, 6) is -1.01. The topological polar surface area (TPSA) is 105 Å². The second-order valence-electron chi connectivity index (χ2n) is 6.49. The zero-order valence-corrected chi connectivity index (χ0v) is 15.3. The van der Waals surface area contributed by atoms with Gasteiger partial charge in [-0.2, -0.15) is 0 Å². The molecule has 0 spiro atoms. The molecule has 1 heterocycles. The van der Waals surface area contributed by atoms with Crippen LogP contribution in [0, 0.1) is 0 Å². The Balaban J connectivity index is 2.14. The summed E-state index contributed by atoms with van der Waals surface area (Å²) < 4.78 is 4.60. The first-order chi connectivity index (χ1) is 12.2.